The van der Waals surface area contributed by atoms with Gasteiger partial charge in [-0.2, -0.15) is 0 Å². The molecule has 2 aliphatic rings. The number of hydrogen-bond acceptors (Lipinski definition) is 5. The first-order valence-corrected chi connectivity index (χ1v) is 9.10. The van der Waals surface area contributed by atoms with Gasteiger partial charge in [0, 0.05) is 25.2 Å². The van der Waals surface area contributed by atoms with Crippen LogP contribution in [0.25, 0.3) is 11.5 Å². The van der Waals surface area contributed by atoms with E-state index in [2.05, 4.69) is 24.1 Å². The Labute approximate surface area is 149 Å². The Bertz CT molecular complexity index is 771. The third kappa shape index (κ3) is 2.96. The molecule has 25 heavy (non-hydrogen) atoms. The zero-order valence-electron chi connectivity index (χ0n) is 15.6. The van der Waals surface area contributed by atoms with Crippen molar-refractivity contribution in [2.75, 3.05) is 33.3 Å². The molecule has 3 heterocycles. The van der Waals surface area contributed by atoms with Gasteiger partial charge in [0.1, 0.15) is 11.5 Å². The van der Waals surface area contributed by atoms with Gasteiger partial charge >= 0.3 is 0 Å². The molecule has 5 nitrogen and oxygen atoms in total. The van der Waals surface area contributed by atoms with Gasteiger partial charge in [0.05, 0.1) is 12.8 Å². The van der Waals surface area contributed by atoms with Gasteiger partial charge < -0.3 is 14.5 Å². The van der Waals surface area contributed by atoms with Crippen molar-refractivity contribution < 1.29 is 9.15 Å². The molecule has 0 unspecified atom stereocenters. The Morgan fingerprint density at radius 2 is 1.88 bits per heavy atom. The van der Waals surface area contributed by atoms with Gasteiger partial charge in [-0.25, -0.2) is 4.98 Å². The maximum Gasteiger partial charge on any atom is 0.226 e. The first-order chi connectivity index (χ1) is 12.1. The molecule has 0 saturated carbocycles. The van der Waals surface area contributed by atoms with Crippen LogP contribution in [0.3, 0.4) is 0 Å². The molecule has 2 aliphatic heterocycles. The number of aromatic nitrogens is 1. The number of benzene rings is 1. The summed E-state index contributed by atoms with van der Waals surface area (Å²) in [6.45, 7) is 11.7. The second kappa shape index (κ2) is 6.46. The van der Waals surface area contributed by atoms with Crippen LogP contribution < -0.4 is 10.1 Å². The standard InChI is InChI=1S/C20H27N3O2/c1-12-13(2)19(24-4)6-5-17(12)20-22-18(14(3)25-20)11-23-9-15-7-21-8-16(15)10-23/h5-6,15-16,21H,7-11H2,1-4H3/t15-,16+. The smallest absolute Gasteiger partial charge is 0.226 e. The highest BCUT2D eigenvalue weighted by molar-refractivity contribution is 5.63. The van der Waals surface area contributed by atoms with Crippen molar-refractivity contribution in [2.24, 2.45) is 11.8 Å². The Hall–Kier alpha value is -1.85. The van der Waals surface area contributed by atoms with Crippen molar-refractivity contribution in [1.29, 1.82) is 0 Å². The second-order valence-corrected chi connectivity index (χ2v) is 7.46. The number of hydrogen-bond donors (Lipinski definition) is 1. The van der Waals surface area contributed by atoms with Crippen molar-refractivity contribution in [3.63, 3.8) is 0 Å². The molecule has 0 amide bonds. The maximum absolute atomic E-state index is 6.02. The van der Waals surface area contributed by atoms with Gasteiger partial charge in [-0.1, -0.05) is 0 Å². The minimum Gasteiger partial charge on any atom is -0.496 e. The van der Waals surface area contributed by atoms with Crippen molar-refractivity contribution in [2.45, 2.75) is 27.3 Å². The number of oxazole rings is 1. The summed E-state index contributed by atoms with van der Waals surface area (Å²) >= 11 is 0. The molecule has 2 saturated heterocycles. The zero-order chi connectivity index (χ0) is 17.6. The minimum absolute atomic E-state index is 0.719. The first-order valence-electron chi connectivity index (χ1n) is 9.10. The molecule has 4 rings (SSSR count). The summed E-state index contributed by atoms with van der Waals surface area (Å²) in [5.74, 6) is 4.16. The molecule has 2 aromatic rings. The fourth-order valence-electron chi connectivity index (χ4n) is 4.23. The normalized spacial score (nSPS) is 23.2. The molecule has 0 radical (unpaired) electrons. The van der Waals surface area contributed by atoms with Crippen LogP contribution in [0.15, 0.2) is 16.5 Å². The van der Waals surface area contributed by atoms with E-state index in [4.69, 9.17) is 14.1 Å². The molecular weight excluding hydrogens is 314 g/mol. The third-order valence-corrected chi connectivity index (χ3v) is 5.92. The van der Waals surface area contributed by atoms with E-state index in [0.29, 0.717) is 0 Å². The molecule has 2 atom stereocenters. The maximum atomic E-state index is 6.02. The van der Waals surface area contributed by atoms with Gasteiger partial charge in [-0.3, -0.25) is 4.90 Å². The van der Waals surface area contributed by atoms with Gasteiger partial charge in [0.15, 0.2) is 0 Å². The lowest BCUT2D eigenvalue weighted by Gasteiger charge is -2.15. The van der Waals surface area contributed by atoms with Crippen LogP contribution in [0.1, 0.15) is 22.6 Å². The second-order valence-electron chi connectivity index (χ2n) is 7.46. The van der Waals surface area contributed by atoms with Gasteiger partial charge in [-0.15, -0.1) is 0 Å². The monoisotopic (exact) mass is 341 g/mol. The van der Waals surface area contributed by atoms with E-state index in [1.54, 1.807) is 7.11 Å². The van der Waals surface area contributed by atoms with Crippen LogP contribution in [-0.2, 0) is 6.54 Å². The molecule has 0 spiro atoms. The van der Waals surface area contributed by atoms with Crippen molar-refractivity contribution in [1.82, 2.24) is 15.2 Å². The van der Waals surface area contributed by atoms with Crippen LogP contribution in [-0.4, -0.2) is 43.2 Å². The average Bonchev–Trinajstić information content (AvgIpc) is 3.26. The summed E-state index contributed by atoms with van der Waals surface area (Å²) < 4.78 is 11.4. The molecule has 5 heteroatoms. The fourth-order valence-corrected chi connectivity index (χ4v) is 4.23. The molecule has 134 valence electrons. The van der Waals surface area contributed by atoms with E-state index in [-0.39, 0.29) is 0 Å². The molecular formula is C20H27N3O2. The zero-order valence-corrected chi connectivity index (χ0v) is 15.6. The summed E-state index contributed by atoms with van der Waals surface area (Å²) in [6.07, 6.45) is 0. The van der Waals surface area contributed by atoms with Crippen LogP contribution in [0.5, 0.6) is 5.75 Å². The lowest BCUT2D eigenvalue weighted by molar-refractivity contribution is 0.300. The number of nitrogens with zero attached hydrogens (tertiary/aromatic N) is 2. The van der Waals surface area contributed by atoms with Crippen molar-refractivity contribution >= 4 is 0 Å². The van der Waals surface area contributed by atoms with Crippen molar-refractivity contribution in [3.8, 4) is 17.2 Å². The van der Waals surface area contributed by atoms with E-state index in [1.807, 2.05) is 19.1 Å². The Morgan fingerprint density at radius 3 is 2.56 bits per heavy atom. The number of ether oxygens (including phenoxy) is 1. The molecule has 0 aliphatic carbocycles. The lowest BCUT2D eigenvalue weighted by atomic mass is 10.0. The Morgan fingerprint density at radius 1 is 1.16 bits per heavy atom. The number of nitrogens with one attached hydrogen (secondary N) is 1. The minimum atomic E-state index is 0.719. The van der Waals surface area contributed by atoms with Gasteiger partial charge in [-0.05, 0) is 69.0 Å². The summed E-state index contributed by atoms with van der Waals surface area (Å²) in [6, 6.07) is 4.04. The van der Waals surface area contributed by atoms with E-state index in [1.165, 1.54) is 13.1 Å². The van der Waals surface area contributed by atoms with Crippen LogP contribution in [0.2, 0.25) is 0 Å². The fraction of sp³-hybridized carbons (Fsp3) is 0.550. The molecule has 2 fully saturated rings. The molecule has 1 aromatic carbocycles. The van der Waals surface area contributed by atoms with E-state index < -0.39 is 0 Å². The lowest BCUT2D eigenvalue weighted by Crippen LogP contribution is -2.25. The summed E-state index contributed by atoms with van der Waals surface area (Å²) in [5, 5.41) is 3.50. The van der Waals surface area contributed by atoms with Crippen molar-refractivity contribution in [3.05, 3.63) is 34.7 Å². The first kappa shape index (κ1) is 16.6. The summed E-state index contributed by atoms with van der Waals surface area (Å²) in [4.78, 5) is 7.35. The van der Waals surface area contributed by atoms with Crippen LogP contribution in [0.4, 0.5) is 0 Å². The molecule has 0 bridgehead atoms. The number of aryl methyl sites for hydroxylation is 1. The number of rotatable bonds is 4. The number of methoxy groups -OCH3 is 1. The number of likely N-dealkylation sites (tertiary alicyclic amines) is 1. The highest BCUT2D eigenvalue weighted by Gasteiger charge is 2.36. The Balaban J connectivity index is 1.56. The van der Waals surface area contributed by atoms with Gasteiger partial charge in [0.25, 0.3) is 0 Å². The SMILES string of the molecule is COc1ccc(-c2nc(CN3C[C@H]4CNC[C@H]4C3)c(C)o2)c(C)c1C. The van der Waals surface area contributed by atoms with E-state index >= 15 is 0 Å². The average molecular weight is 341 g/mol. The topological polar surface area (TPSA) is 50.5 Å². The predicted molar refractivity (Wildman–Crippen MR) is 97.8 cm³/mol. The summed E-state index contributed by atoms with van der Waals surface area (Å²) in [5.41, 5.74) is 4.41. The van der Waals surface area contributed by atoms with Crippen LogP contribution in [0, 0.1) is 32.6 Å². The van der Waals surface area contributed by atoms with Crippen LogP contribution >= 0.6 is 0 Å². The molecule has 1 aromatic heterocycles. The largest absolute Gasteiger partial charge is 0.496 e. The van der Waals surface area contributed by atoms with E-state index in [9.17, 15) is 0 Å². The van der Waals surface area contributed by atoms with Gasteiger partial charge in [0.2, 0.25) is 5.89 Å². The predicted octanol–water partition coefficient (Wildman–Crippen LogP) is 2.93. The molecule has 1 N–H and O–H groups in total. The summed E-state index contributed by atoms with van der Waals surface area (Å²) in [7, 11) is 1.70. The number of fused-ring (bicyclic) bond motifs is 1. The third-order valence-electron chi connectivity index (χ3n) is 5.92. The highest BCUT2D eigenvalue weighted by atomic mass is 16.5. The highest BCUT2D eigenvalue weighted by Crippen LogP contribution is 2.33. The van der Waals surface area contributed by atoms with E-state index in [0.717, 1.165) is 71.3 Å². The Kier molecular flexibility index (Phi) is 4.29. The quantitative estimate of drug-likeness (QED) is 0.927.